The van der Waals surface area contributed by atoms with E-state index < -0.39 is 10.9 Å². The Labute approximate surface area is 196 Å². The number of amidine groups is 1. The summed E-state index contributed by atoms with van der Waals surface area (Å²) in [7, 11) is -2.66. The van der Waals surface area contributed by atoms with Crippen molar-refractivity contribution in [1.29, 1.82) is 0 Å². The van der Waals surface area contributed by atoms with Crippen LogP contribution in [0.5, 0.6) is 0 Å². The van der Waals surface area contributed by atoms with Gasteiger partial charge in [0.1, 0.15) is 5.37 Å². The van der Waals surface area contributed by atoms with E-state index in [1.807, 2.05) is 12.1 Å². The molecule has 0 aliphatic carbocycles. The Hall–Kier alpha value is -1.82. The standard InChI is InChI=1S/C20H25N5O2S4/c1-2-4-18-23-24-20(30-18)22-15(11-13-6-8-14(9-7-13)25-31(26)27)16-12-29-19(21-16)17-5-3-10-28-17/h3,5-10,12,15,18-19,21,23,31H,2,4,11H2,1H3,(H,22,24)(H,25,26,27)/t15-,18?,19?/m0/s1. The first kappa shape index (κ1) is 22.4. The molecule has 0 amide bonds. The van der Waals surface area contributed by atoms with E-state index in [-0.39, 0.29) is 11.4 Å². The van der Waals surface area contributed by atoms with Crippen molar-refractivity contribution in [2.24, 2.45) is 5.10 Å². The second kappa shape index (κ2) is 10.7. The van der Waals surface area contributed by atoms with Crippen molar-refractivity contribution < 1.29 is 8.42 Å². The highest BCUT2D eigenvalue weighted by Crippen LogP contribution is 2.37. The number of hydrogen-bond acceptors (Lipinski definition) is 9. The molecule has 1 aromatic carbocycles. The SMILES string of the molecule is CCCC1NN=C(N[C@@H](Cc2ccc(N[SH](=O)=O)cc2)C2=CSC(c3cccs3)N2)S1. The van der Waals surface area contributed by atoms with Crippen LogP contribution in [0.3, 0.4) is 0 Å². The van der Waals surface area contributed by atoms with Crippen molar-refractivity contribution in [2.45, 2.75) is 43.0 Å². The molecule has 4 N–H and O–H groups in total. The molecule has 4 rings (SSSR count). The maximum Gasteiger partial charge on any atom is 0.222 e. The summed E-state index contributed by atoms with van der Waals surface area (Å²) in [5.41, 5.74) is 6.02. The number of thiol groups is 1. The van der Waals surface area contributed by atoms with Gasteiger partial charge in [0.05, 0.1) is 11.4 Å². The summed E-state index contributed by atoms with van der Waals surface area (Å²) in [6, 6.07) is 11.7. The molecule has 0 radical (unpaired) electrons. The van der Waals surface area contributed by atoms with Crippen LogP contribution in [-0.4, -0.2) is 25.0 Å². The van der Waals surface area contributed by atoms with Gasteiger partial charge < -0.3 is 10.6 Å². The van der Waals surface area contributed by atoms with Crippen molar-refractivity contribution >= 4 is 56.6 Å². The smallest absolute Gasteiger partial charge is 0.222 e. The van der Waals surface area contributed by atoms with E-state index in [0.717, 1.165) is 35.7 Å². The molecule has 2 aliphatic rings. The Morgan fingerprint density at radius 2 is 2.06 bits per heavy atom. The van der Waals surface area contributed by atoms with E-state index in [1.165, 1.54) is 4.88 Å². The summed E-state index contributed by atoms with van der Waals surface area (Å²) in [5.74, 6) is 0. The molecule has 0 bridgehead atoms. The summed E-state index contributed by atoms with van der Waals surface area (Å²) in [6.45, 7) is 2.17. The first-order chi connectivity index (χ1) is 15.1. The molecule has 166 valence electrons. The van der Waals surface area contributed by atoms with Crippen molar-refractivity contribution in [1.82, 2.24) is 16.1 Å². The number of hydrogen-bond donors (Lipinski definition) is 5. The average Bonchev–Trinajstić information content (AvgIpc) is 3.50. The van der Waals surface area contributed by atoms with E-state index in [2.05, 4.69) is 55.7 Å². The van der Waals surface area contributed by atoms with Gasteiger partial charge in [0.25, 0.3) is 0 Å². The van der Waals surface area contributed by atoms with Crippen LogP contribution in [-0.2, 0) is 17.3 Å². The van der Waals surface area contributed by atoms with E-state index in [0.29, 0.717) is 11.1 Å². The van der Waals surface area contributed by atoms with E-state index in [1.54, 1.807) is 47.0 Å². The summed E-state index contributed by atoms with van der Waals surface area (Å²) in [5, 5.41) is 17.5. The summed E-state index contributed by atoms with van der Waals surface area (Å²) in [6.07, 6.45) is 2.92. The molecule has 2 aromatic rings. The molecule has 1 aromatic heterocycles. The summed E-state index contributed by atoms with van der Waals surface area (Å²) in [4.78, 5) is 1.30. The van der Waals surface area contributed by atoms with Gasteiger partial charge in [0.2, 0.25) is 10.9 Å². The maximum atomic E-state index is 10.9. The van der Waals surface area contributed by atoms with Gasteiger partial charge in [-0.15, -0.1) is 23.1 Å². The number of anilines is 1. The normalized spacial score (nSPS) is 21.2. The lowest BCUT2D eigenvalue weighted by Crippen LogP contribution is -2.39. The number of thiophene rings is 1. The highest BCUT2D eigenvalue weighted by molar-refractivity contribution is 8.14. The summed E-state index contributed by atoms with van der Waals surface area (Å²) < 4.78 is 24.2. The highest BCUT2D eigenvalue weighted by Gasteiger charge is 2.28. The topological polar surface area (TPSA) is 94.6 Å². The first-order valence-corrected chi connectivity index (χ1v) is 13.9. The van der Waals surface area contributed by atoms with Gasteiger partial charge in [-0.1, -0.05) is 43.3 Å². The van der Waals surface area contributed by atoms with Crippen molar-refractivity contribution in [3.8, 4) is 0 Å². The van der Waals surface area contributed by atoms with E-state index >= 15 is 0 Å². The molecule has 0 fully saturated rings. The van der Waals surface area contributed by atoms with E-state index in [4.69, 9.17) is 0 Å². The molecule has 3 atom stereocenters. The zero-order valence-corrected chi connectivity index (χ0v) is 20.3. The average molecular weight is 496 g/mol. The Morgan fingerprint density at radius 3 is 2.77 bits per heavy atom. The first-order valence-electron chi connectivity index (χ1n) is 10.0. The highest BCUT2D eigenvalue weighted by atomic mass is 32.2. The fourth-order valence-electron chi connectivity index (χ4n) is 3.34. The van der Waals surface area contributed by atoms with Gasteiger partial charge in [-0.25, -0.2) is 8.42 Å². The molecule has 2 aliphatic heterocycles. The van der Waals surface area contributed by atoms with Gasteiger partial charge in [-0.05, 0) is 47.4 Å². The van der Waals surface area contributed by atoms with Crippen LogP contribution in [0.2, 0.25) is 0 Å². The maximum absolute atomic E-state index is 10.9. The molecule has 11 heteroatoms. The largest absolute Gasteiger partial charge is 0.370 e. The van der Waals surface area contributed by atoms with Crippen LogP contribution in [0, 0.1) is 0 Å². The van der Waals surface area contributed by atoms with Gasteiger partial charge in [-0.3, -0.25) is 10.1 Å². The van der Waals surface area contributed by atoms with Crippen LogP contribution in [0.15, 0.2) is 58.0 Å². The third-order valence-electron chi connectivity index (χ3n) is 4.83. The molecular formula is C20H25N5O2S4. The zero-order valence-electron chi connectivity index (χ0n) is 16.9. The van der Waals surface area contributed by atoms with E-state index in [9.17, 15) is 8.42 Å². The Kier molecular flexibility index (Phi) is 7.70. The molecule has 2 unspecified atom stereocenters. The van der Waals surface area contributed by atoms with Crippen LogP contribution in [0.25, 0.3) is 0 Å². The van der Waals surface area contributed by atoms with Gasteiger partial charge in [0, 0.05) is 16.3 Å². The van der Waals surface area contributed by atoms with Gasteiger partial charge in [0.15, 0.2) is 5.17 Å². The minimum Gasteiger partial charge on any atom is -0.370 e. The predicted molar refractivity (Wildman–Crippen MR) is 134 cm³/mol. The molecule has 0 saturated carbocycles. The van der Waals surface area contributed by atoms with Gasteiger partial charge in [-0.2, -0.15) is 5.10 Å². The lowest BCUT2D eigenvalue weighted by atomic mass is 10.0. The minimum absolute atomic E-state index is 0.0286. The Morgan fingerprint density at radius 1 is 1.23 bits per heavy atom. The number of rotatable bonds is 9. The lowest BCUT2D eigenvalue weighted by molar-refractivity contribution is 0.617. The van der Waals surface area contributed by atoms with Crippen LogP contribution in [0.1, 0.15) is 35.6 Å². The number of benzene rings is 1. The third kappa shape index (κ3) is 6.12. The van der Waals surface area contributed by atoms with Gasteiger partial charge >= 0.3 is 0 Å². The Balaban J connectivity index is 1.46. The molecule has 7 nitrogen and oxygen atoms in total. The molecule has 31 heavy (non-hydrogen) atoms. The third-order valence-corrected chi connectivity index (χ3v) is 8.45. The number of hydrazone groups is 1. The number of thioether (sulfide) groups is 2. The minimum atomic E-state index is -2.66. The predicted octanol–water partition coefficient (Wildman–Crippen LogP) is 3.80. The van der Waals surface area contributed by atoms with Crippen LogP contribution >= 0.6 is 34.9 Å². The molecular weight excluding hydrogens is 471 g/mol. The van der Waals surface area contributed by atoms with Crippen molar-refractivity contribution in [3.05, 3.63) is 63.3 Å². The monoisotopic (exact) mass is 495 g/mol. The second-order valence-electron chi connectivity index (χ2n) is 7.16. The zero-order chi connectivity index (χ0) is 21.6. The lowest BCUT2D eigenvalue weighted by Gasteiger charge is -2.23. The summed E-state index contributed by atoms with van der Waals surface area (Å²) >= 11 is 5.26. The fraction of sp³-hybridized carbons (Fsp3) is 0.350. The number of nitrogens with one attached hydrogen (secondary N) is 4. The molecule has 0 spiro atoms. The molecule has 3 heterocycles. The van der Waals surface area contributed by atoms with Crippen LogP contribution < -0.4 is 20.8 Å². The second-order valence-corrected chi connectivity index (χ2v) is 11.0. The fourth-order valence-corrected chi connectivity index (χ4v) is 6.66. The quantitative estimate of drug-likeness (QED) is 0.338. The number of nitrogens with zero attached hydrogens (tertiary/aromatic N) is 1. The van der Waals surface area contributed by atoms with Crippen molar-refractivity contribution in [3.63, 3.8) is 0 Å². The van der Waals surface area contributed by atoms with Crippen molar-refractivity contribution in [2.75, 3.05) is 4.72 Å². The van der Waals surface area contributed by atoms with Crippen LogP contribution in [0.4, 0.5) is 5.69 Å². The molecule has 0 saturated heterocycles. The Bertz CT molecular complexity index is 997.